The number of aromatic nitrogens is 4. The minimum Gasteiger partial charge on any atom is -0.491 e. The molecule has 0 radical (unpaired) electrons. The third kappa shape index (κ3) is 3.16. The molecular weight excluding hydrogens is 324 g/mol. The first-order chi connectivity index (χ1) is 12.6. The Labute approximate surface area is 152 Å². The second-order valence-corrected chi connectivity index (χ2v) is 6.52. The van der Waals surface area contributed by atoms with Crippen molar-refractivity contribution in [3.63, 3.8) is 0 Å². The Balaban J connectivity index is 1.69. The zero-order valence-corrected chi connectivity index (χ0v) is 15.0. The summed E-state index contributed by atoms with van der Waals surface area (Å²) in [5.41, 5.74) is 5.84. The highest BCUT2D eigenvalue weighted by Crippen LogP contribution is 2.25. The number of nitrogens with zero attached hydrogens (tertiary/aromatic N) is 4. The predicted molar refractivity (Wildman–Crippen MR) is 102 cm³/mol. The number of hydrogen-bond donors (Lipinski definition) is 0. The minimum absolute atomic E-state index is 0.162. The highest BCUT2D eigenvalue weighted by atomic mass is 16.5. The van der Waals surface area contributed by atoms with Gasteiger partial charge in [0, 0.05) is 29.1 Å². The van der Waals surface area contributed by atoms with Crippen molar-refractivity contribution in [3.8, 4) is 28.3 Å². The van der Waals surface area contributed by atoms with E-state index in [4.69, 9.17) is 4.74 Å². The first kappa shape index (κ1) is 16.3. The van der Waals surface area contributed by atoms with Crippen molar-refractivity contribution in [3.05, 3.63) is 66.9 Å². The number of imidazole rings is 1. The van der Waals surface area contributed by atoms with Crippen molar-refractivity contribution in [1.82, 2.24) is 19.4 Å². The summed E-state index contributed by atoms with van der Waals surface area (Å²) in [6.45, 7) is 6.02. The van der Waals surface area contributed by atoms with Crippen LogP contribution in [0.5, 0.6) is 5.75 Å². The van der Waals surface area contributed by atoms with E-state index in [9.17, 15) is 0 Å². The molecule has 0 aliphatic rings. The maximum Gasteiger partial charge on any atom is 0.140 e. The number of rotatable bonds is 4. The molecule has 4 aromatic rings. The van der Waals surface area contributed by atoms with E-state index in [0.717, 1.165) is 39.6 Å². The molecule has 0 saturated heterocycles. The summed E-state index contributed by atoms with van der Waals surface area (Å²) < 4.78 is 7.69. The first-order valence-corrected chi connectivity index (χ1v) is 8.63. The summed E-state index contributed by atoms with van der Waals surface area (Å²) in [4.78, 5) is 13.4. The van der Waals surface area contributed by atoms with Gasteiger partial charge in [0.05, 0.1) is 23.7 Å². The van der Waals surface area contributed by atoms with Crippen LogP contribution in [0, 0.1) is 6.92 Å². The topological polar surface area (TPSA) is 52.3 Å². The third-order valence-electron chi connectivity index (χ3n) is 4.12. The lowest BCUT2D eigenvalue weighted by Crippen LogP contribution is -2.05. The molecule has 3 heterocycles. The Morgan fingerprint density at radius 2 is 1.73 bits per heavy atom. The second kappa shape index (κ2) is 6.59. The number of ether oxygens (including phenoxy) is 1. The van der Waals surface area contributed by atoms with E-state index in [0.29, 0.717) is 0 Å². The van der Waals surface area contributed by atoms with E-state index in [1.54, 1.807) is 0 Å². The number of aryl methyl sites for hydroxylation is 1. The van der Waals surface area contributed by atoms with Crippen LogP contribution >= 0.6 is 0 Å². The van der Waals surface area contributed by atoms with Crippen LogP contribution in [-0.4, -0.2) is 25.5 Å². The van der Waals surface area contributed by atoms with Gasteiger partial charge in [0.2, 0.25) is 0 Å². The zero-order chi connectivity index (χ0) is 18.1. The molecule has 0 saturated carbocycles. The van der Waals surface area contributed by atoms with Gasteiger partial charge in [-0.2, -0.15) is 0 Å². The van der Waals surface area contributed by atoms with E-state index < -0.39 is 0 Å². The lowest BCUT2D eigenvalue weighted by molar-refractivity contribution is 0.242. The van der Waals surface area contributed by atoms with Crippen molar-refractivity contribution < 1.29 is 4.74 Å². The molecule has 0 aliphatic carbocycles. The normalized spacial score (nSPS) is 11.2. The lowest BCUT2D eigenvalue weighted by Gasteiger charge is -2.10. The molecule has 26 heavy (non-hydrogen) atoms. The van der Waals surface area contributed by atoms with Gasteiger partial charge < -0.3 is 4.74 Å². The van der Waals surface area contributed by atoms with Crippen molar-refractivity contribution in [2.24, 2.45) is 0 Å². The second-order valence-electron chi connectivity index (χ2n) is 6.52. The Morgan fingerprint density at radius 1 is 0.923 bits per heavy atom. The first-order valence-electron chi connectivity index (χ1n) is 8.63. The maximum atomic E-state index is 5.70. The predicted octanol–water partition coefficient (Wildman–Crippen LogP) is 4.55. The molecule has 130 valence electrons. The SMILES string of the molecule is Cc1cc(-c2cnc3cc(-c4ccc(OC(C)C)cc4)ncn23)ccn1. The van der Waals surface area contributed by atoms with Crippen molar-refractivity contribution in [2.75, 3.05) is 0 Å². The fraction of sp³-hybridized carbons (Fsp3) is 0.190. The standard InChI is InChI=1S/C21H20N4O/c1-14(2)26-18-6-4-16(5-7-18)19-11-21-23-12-20(25(21)13-24-19)17-8-9-22-15(3)10-17/h4-14H,1-3H3. The van der Waals surface area contributed by atoms with Crippen LogP contribution < -0.4 is 4.74 Å². The molecule has 0 fully saturated rings. The number of fused-ring (bicyclic) bond motifs is 1. The van der Waals surface area contributed by atoms with Crippen LogP contribution in [0.3, 0.4) is 0 Å². The van der Waals surface area contributed by atoms with Crippen LogP contribution in [0.1, 0.15) is 19.5 Å². The smallest absolute Gasteiger partial charge is 0.140 e. The number of hydrogen-bond acceptors (Lipinski definition) is 4. The summed E-state index contributed by atoms with van der Waals surface area (Å²) in [7, 11) is 0. The molecule has 0 bridgehead atoms. The van der Waals surface area contributed by atoms with Crippen LogP contribution in [0.15, 0.2) is 61.2 Å². The summed E-state index contributed by atoms with van der Waals surface area (Å²) in [5, 5.41) is 0. The van der Waals surface area contributed by atoms with Crippen LogP contribution in [-0.2, 0) is 0 Å². The molecule has 3 aromatic heterocycles. The van der Waals surface area contributed by atoms with Crippen LogP contribution in [0.2, 0.25) is 0 Å². The Bertz CT molecular complexity index is 1050. The maximum absolute atomic E-state index is 5.70. The van der Waals surface area contributed by atoms with Gasteiger partial charge in [-0.15, -0.1) is 0 Å². The van der Waals surface area contributed by atoms with Crippen molar-refractivity contribution in [2.45, 2.75) is 26.9 Å². The third-order valence-corrected chi connectivity index (χ3v) is 4.12. The van der Waals surface area contributed by atoms with Crippen LogP contribution in [0.25, 0.3) is 28.2 Å². The molecule has 0 N–H and O–H groups in total. The van der Waals surface area contributed by atoms with Gasteiger partial charge in [-0.1, -0.05) is 0 Å². The van der Waals surface area contributed by atoms with Crippen LogP contribution in [0.4, 0.5) is 0 Å². The minimum atomic E-state index is 0.162. The van der Waals surface area contributed by atoms with Gasteiger partial charge >= 0.3 is 0 Å². The lowest BCUT2D eigenvalue weighted by atomic mass is 10.1. The zero-order valence-electron chi connectivity index (χ0n) is 15.0. The van der Waals surface area contributed by atoms with E-state index in [2.05, 4.69) is 15.0 Å². The van der Waals surface area contributed by atoms with Gasteiger partial charge in [-0.25, -0.2) is 9.97 Å². The fourth-order valence-corrected chi connectivity index (χ4v) is 2.94. The number of pyridine rings is 1. The molecule has 0 atom stereocenters. The molecule has 0 unspecified atom stereocenters. The van der Waals surface area contributed by atoms with Gasteiger partial charge in [-0.3, -0.25) is 9.38 Å². The summed E-state index contributed by atoms with van der Waals surface area (Å²) in [5.74, 6) is 0.862. The fourth-order valence-electron chi connectivity index (χ4n) is 2.94. The van der Waals surface area contributed by atoms with E-state index in [-0.39, 0.29) is 6.10 Å². The Hall–Kier alpha value is -3.21. The van der Waals surface area contributed by atoms with Gasteiger partial charge in [0.1, 0.15) is 17.7 Å². The average molecular weight is 344 g/mol. The average Bonchev–Trinajstić information content (AvgIpc) is 3.05. The highest BCUT2D eigenvalue weighted by molar-refractivity contribution is 5.68. The molecule has 5 heteroatoms. The molecule has 0 amide bonds. The van der Waals surface area contributed by atoms with Crippen molar-refractivity contribution in [1.29, 1.82) is 0 Å². The molecule has 1 aromatic carbocycles. The molecular formula is C21H20N4O. The molecule has 5 nitrogen and oxygen atoms in total. The molecule has 0 spiro atoms. The van der Waals surface area contributed by atoms with Gasteiger partial charge in [-0.05, 0) is 57.2 Å². The summed E-state index contributed by atoms with van der Waals surface area (Å²) in [6, 6.07) is 14.0. The largest absolute Gasteiger partial charge is 0.491 e. The van der Waals surface area contributed by atoms with E-state index in [1.807, 2.05) is 86.4 Å². The highest BCUT2D eigenvalue weighted by Gasteiger charge is 2.09. The van der Waals surface area contributed by atoms with E-state index >= 15 is 0 Å². The molecule has 4 rings (SSSR count). The number of benzene rings is 1. The summed E-state index contributed by atoms with van der Waals surface area (Å²) >= 11 is 0. The monoisotopic (exact) mass is 344 g/mol. The van der Waals surface area contributed by atoms with Gasteiger partial charge in [0.15, 0.2) is 0 Å². The van der Waals surface area contributed by atoms with E-state index in [1.165, 1.54) is 0 Å². The Morgan fingerprint density at radius 3 is 2.46 bits per heavy atom. The quantitative estimate of drug-likeness (QED) is 0.545. The molecule has 0 aliphatic heterocycles. The van der Waals surface area contributed by atoms with Gasteiger partial charge in [0.25, 0.3) is 0 Å². The van der Waals surface area contributed by atoms with Crippen molar-refractivity contribution >= 4 is 5.65 Å². The Kier molecular flexibility index (Phi) is 4.13. The summed E-state index contributed by atoms with van der Waals surface area (Å²) in [6.07, 6.45) is 5.67.